The first-order valence-corrected chi connectivity index (χ1v) is 12.9. The van der Waals surface area contributed by atoms with E-state index in [1.807, 2.05) is 67.8 Å². The Balaban J connectivity index is 1.35. The summed E-state index contributed by atoms with van der Waals surface area (Å²) < 4.78 is 3.65. The van der Waals surface area contributed by atoms with E-state index in [-0.39, 0.29) is 17.2 Å². The molecule has 4 aromatic rings. The molecule has 2 heterocycles. The molecule has 0 spiro atoms. The SMILES string of the molecule is Cc1ccc(CNC(=O)CCCCCn2c(=O)c3sccc3n(Cc3cccc(C)c3)c2=O)cc1. The molecule has 1 amide bonds. The van der Waals surface area contributed by atoms with Crippen LogP contribution in [0.25, 0.3) is 10.2 Å². The van der Waals surface area contributed by atoms with Gasteiger partial charge in [0, 0.05) is 19.5 Å². The molecule has 0 radical (unpaired) electrons. The van der Waals surface area contributed by atoms with E-state index in [9.17, 15) is 14.4 Å². The quantitative estimate of drug-likeness (QED) is 0.326. The van der Waals surface area contributed by atoms with E-state index in [0.717, 1.165) is 23.1 Å². The fourth-order valence-electron chi connectivity index (χ4n) is 4.20. The molecule has 2 aromatic carbocycles. The Kier molecular flexibility index (Phi) is 7.98. The second-order valence-corrected chi connectivity index (χ2v) is 9.94. The third-order valence-electron chi connectivity index (χ3n) is 6.16. The minimum Gasteiger partial charge on any atom is -0.352 e. The van der Waals surface area contributed by atoms with Gasteiger partial charge in [-0.25, -0.2) is 4.79 Å². The lowest BCUT2D eigenvalue weighted by atomic mass is 10.1. The van der Waals surface area contributed by atoms with Crippen LogP contribution in [0.3, 0.4) is 0 Å². The number of fused-ring (bicyclic) bond motifs is 1. The van der Waals surface area contributed by atoms with Gasteiger partial charge >= 0.3 is 5.69 Å². The number of hydrogen-bond acceptors (Lipinski definition) is 4. The molecule has 0 bridgehead atoms. The number of nitrogens with zero attached hydrogens (tertiary/aromatic N) is 2. The molecule has 0 atom stereocenters. The number of benzene rings is 2. The van der Waals surface area contributed by atoms with Crippen LogP contribution in [0.4, 0.5) is 0 Å². The van der Waals surface area contributed by atoms with Crippen LogP contribution in [0, 0.1) is 13.8 Å². The van der Waals surface area contributed by atoms with Crippen LogP contribution in [0.2, 0.25) is 0 Å². The molecule has 0 aliphatic carbocycles. The average molecular weight is 490 g/mol. The van der Waals surface area contributed by atoms with Gasteiger partial charge in [0.05, 0.1) is 12.1 Å². The number of hydrogen-bond donors (Lipinski definition) is 1. The molecule has 35 heavy (non-hydrogen) atoms. The number of amides is 1. The molecular weight excluding hydrogens is 458 g/mol. The van der Waals surface area contributed by atoms with Crippen LogP contribution in [0.15, 0.2) is 69.6 Å². The second kappa shape index (κ2) is 11.3. The first-order valence-electron chi connectivity index (χ1n) is 12.0. The molecule has 0 saturated carbocycles. The summed E-state index contributed by atoms with van der Waals surface area (Å²) in [6.07, 6.45) is 2.58. The van der Waals surface area contributed by atoms with Crippen LogP contribution < -0.4 is 16.6 Å². The number of carbonyl (C=O) groups is 1. The summed E-state index contributed by atoms with van der Waals surface area (Å²) in [7, 11) is 0. The standard InChI is InChI=1S/C28H31N3O3S/c1-20-10-12-22(13-11-20)18-29-25(32)9-4-3-5-15-30-27(33)26-24(14-16-35-26)31(28(30)34)19-23-8-6-7-21(2)17-23/h6-8,10-14,16-17H,3-5,9,15,18-19H2,1-2H3,(H,29,32). The van der Waals surface area contributed by atoms with Crippen molar-refractivity contribution in [2.24, 2.45) is 0 Å². The highest BCUT2D eigenvalue weighted by Crippen LogP contribution is 2.17. The molecule has 0 unspecified atom stereocenters. The smallest absolute Gasteiger partial charge is 0.331 e. The largest absolute Gasteiger partial charge is 0.352 e. The van der Waals surface area contributed by atoms with Crippen molar-refractivity contribution in [2.45, 2.75) is 59.2 Å². The number of thiophene rings is 1. The molecule has 6 nitrogen and oxygen atoms in total. The summed E-state index contributed by atoms with van der Waals surface area (Å²) in [4.78, 5) is 38.4. The minimum absolute atomic E-state index is 0.0169. The topological polar surface area (TPSA) is 73.1 Å². The number of nitrogens with one attached hydrogen (secondary N) is 1. The number of carbonyl (C=O) groups excluding carboxylic acids is 1. The van der Waals surface area contributed by atoms with Gasteiger partial charge in [0.1, 0.15) is 4.70 Å². The van der Waals surface area contributed by atoms with Crippen molar-refractivity contribution in [1.82, 2.24) is 14.5 Å². The zero-order valence-corrected chi connectivity index (χ0v) is 21.1. The van der Waals surface area contributed by atoms with E-state index in [1.165, 1.54) is 21.5 Å². The van der Waals surface area contributed by atoms with E-state index >= 15 is 0 Å². The Labute approximate surface area is 208 Å². The fraction of sp³-hybridized carbons (Fsp3) is 0.321. The van der Waals surface area contributed by atoms with Gasteiger partial charge in [0.25, 0.3) is 5.56 Å². The van der Waals surface area contributed by atoms with Gasteiger partial charge in [-0.2, -0.15) is 0 Å². The highest BCUT2D eigenvalue weighted by molar-refractivity contribution is 7.17. The molecule has 7 heteroatoms. The summed E-state index contributed by atoms with van der Waals surface area (Å²) in [5, 5.41) is 4.81. The lowest BCUT2D eigenvalue weighted by molar-refractivity contribution is -0.121. The third kappa shape index (κ3) is 6.17. The molecule has 1 N–H and O–H groups in total. The van der Waals surface area contributed by atoms with Crippen molar-refractivity contribution in [3.05, 3.63) is 103 Å². The van der Waals surface area contributed by atoms with E-state index in [4.69, 9.17) is 0 Å². The monoisotopic (exact) mass is 489 g/mol. The molecule has 0 aliphatic heterocycles. The van der Waals surface area contributed by atoms with Crippen LogP contribution in [0.1, 0.15) is 47.9 Å². The van der Waals surface area contributed by atoms with Crippen molar-refractivity contribution in [3.8, 4) is 0 Å². The van der Waals surface area contributed by atoms with Gasteiger partial charge in [-0.3, -0.25) is 18.7 Å². The molecule has 0 saturated heterocycles. The zero-order valence-electron chi connectivity index (χ0n) is 20.3. The third-order valence-corrected chi connectivity index (χ3v) is 7.05. The maximum absolute atomic E-state index is 13.3. The molecule has 182 valence electrons. The van der Waals surface area contributed by atoms with Crippen molar-refractivity contribution in [1.29, 1.82) is 0 Å². The van der Waals surface area contributed by atoms with Crippen LogP contribution in [-0.4, -0.2) is 15.0 Å². The number of aromatic nitrogens is 2. The Morgan fingerprint density at radius 1 is 0.886 bits per heavy atom. The first-order chi connectivity index (χ1) is 16.9. The summed E-state index contributed by atoms with van der Waals surface area (Å²) in [6.45, 7) is 5.36. The zero-order chi connectivity index (χ0) is 24.8. The highest BCUT2D eigenvalue weighted by Gasteiger charge is 2.14. The van der Waals surface area contributed by atoms with Crippen LogP contribution >= 0.6 is 11.3 Å². The average Bonchev–Trinajstić information content (AvgIpc) is 3.33. The van der Waals surface area contributed by atoms with Crippen LogP contribution in [0.5, 0.6) is 0 Å². The van der Waals surface area contributed by atoms with Crippen LogP contribution in [-0.2, 0) is 24.4 Å². The summed E-state index contributed by atoms with van der Waals surface area (Å²) in [5.41, 5.74) is 4.62. The van der Waals surface area contributed by atoms with Gasteiger partial charge in [-0.1, -0.05) is 66.1 Å². The summed E-state index contributed by atoms with van der Waals surface area (Å²) in [6, 6.07) is 18.0. The highest BCUT2D eigenvalue weighted by atomic mass is 32.1. The number of rotatable bonds is 10. The predicted octanol–water partition coefficient (Wildman–Crippen LogP) is 4.77. The van der Waals surface area contributed by atoms with E-state index in [1.54, 1.807) is 4.57 Å². The second-order valence-electron chi connectivity index (χ2n) is 9.02. The Morgan fingerprint density at radius 3 is 2.46 bits per heavy atom. The number of aryl methyl sites for hydroxylation is 2. The summed E-state index contributed by atoms with van der Waals surface area (Å²) >= 11 is 1.37. The Hall–Kier alpha value is -3.45. The summed E-state index contributed by atoms with van der Waals surface area (Å²) in [5.74, 6) is 0.0169. The van der Waals surface area contributed by atoms with Gasteiger partial charge < -0.3 is 5.32 Å². The first kappa shape index (κ1) is 24.7. The van der Waals surface area contributed by atoms with E-state index in [2.05, 4.69) is 11.4 Å². The lowest BCUT2D eigenvalue weighted by Crippen LogP contribution is -2.39. The van der Waals surface area contributed by atoms with Crippen molar-refractivity contribution in [3.63, 3.8) is 0 Å². The molecule has 2 aromatic heterocycles. The number of unbranched alkanes of at least 4 members (excludes halogenated alkanes) is 2. The Bertz CT molecular complexity index is 1430. The minimum atomic E-state index is -0.279. The van der Waals surface area contributed by atoms with Gasteiger partial charge in [0.15, 0.2) is 0 Å². The van der Waals surface area contributed by atoms with Gasteiger partial charge in [-0.05, 0) is 49.3 Å². The molecule has 0 fully saturated rings. The van der Waals surface area contributed by atoms with Crippen molar-refractivity contribution < 1.29 is 4.79 Å². The Morgan fingerprint density at radius 2 is 1.69 bits per heavy atom. The molecule has 4 rings (SSSR count). The van der Waals surface area contributed by atoms with Gasteiger partial charge in [0.2, 0.25) is 5.91 Å². The maximum Gasteiger partial charge on any atom is 0.331 e. The van der Waals surface area contributed by atoms with E-state index in [0.29, 0.717) is 49.1 Å². The molecule has 0 aliphatic rings. The maximum atomic E-state index is 13.3. The van der Waals surface area contributed by atoms with Crippen molar-refractivity contribution in [2.75, 3.05) is 0 Å². The lowest BCUT2D eigenvalue weighted by Gasteiger charge is -2.13. The fourth-order valence-corrected chi connectivity index (χ4v) is 5.05. The van der Waals surface area contributed by atoms with Crippen molar-refractivity contribution >= 4 is 27.5 Å². The predicted molar refractivity (Wildman–Crippen MR) is 142 cm³/mol. The van der Waals surface area contributed by atoms with E-state index < -0.39 is 0 Å². The normalized spacial score (nSPS) is 11.1. The molecular formula is C28H31N3O3S. The van der Waals surface area contributed by atoms with Gasteiger partial charge in [-0.15, -0.1) is 11.3 Å².